The maximum atomic E-state index is 12.6. The van der Waals surface area contributed by atoms with E-state index in [1.807, 2.05) is 0 Å². The monoisotopic (exact) mass is 264 g/mol. The van der Waals surface area contributed by atoms with Crippen molar-refractivity contribution in [1.29, 1.82) is 0 Å². The molecule has 1 aliphatic carbocycles. The summed E-state index contributed by atoms with van der Waals surface area (Å²) < 4.78 is 0. The molecule has 1 aliphatic rings. The minimum Gasteiger partial charge on any atom is -0.293 e. The first-order valence-corrected chi connectivity index (χ1v) is 6.35. The van der Waals surface area contributed by atoms with Gasteiger partial charge in [-0.3, -0.25) is 14.4 Å². The summed E-state index contributed by atoms with van der Waals surface area (Å²) in [5.41, 5.74) is -0.580. The summed E-state index contributed by atoms with van der Waals surface area (Å²) in [7, 11) is 0. The van der Waals surface area contributed by atoms with Crippen molar-refractivity contribution in [2.75, 3.05) is 0 Å². The molecule has 3 heteroatoms. The second kappa shape index (κ2) is 4.23. The van der Waals surface area contributed by atoms with Crippen LogP contribution in [0.1, 0.15) is 38.0 Å². The Balaban J connectivity index is 2.13. The fourth-order valence-corrected chi connectivity index (χ4v) is 2.61. The number of hydrogen-bond donors (Lipinski definition) is 0. The smallest absolute Gasteiger partial charge is 0.185 e. The number of ketones is 3. The van der Waals surface area contributed by atoms with Crippen LogP contribution in [0.25, 0.3) is 0 Å². The first-order chi connectivity index (χ1) is 9.56. The lowest BCUT2D eigenvalue weighted by atomic mass is 9.78. The quantitative estimate of drug-likeness (QED) is 0.619. The Morgan fingerprint density at radius 1 is 0.800 bits per heavy atom. The van der Waals surface area contributed by atoms with Crippen LogP contribution in [0.3, 0.4) is 0 Å². The van der Waals surface area contributed by atoms with Gasteiger partial charge in [-0.2, -0.15) is 0 Å². The van der Waals surface area contributed by atoms with E-state index in [2.05, 4.69) is 0 Å². The summed E-state index contributed by atoms with van der Waals surface area (Å²) in [5, 5.41) is 0. The summed E-state index contributed by atoms with van der Waals surface area (Å²) in [6.45, 7) is 1.42. The van der Waals surface area contributed by atoms with Crippen LogP contribution >= 0.6 is 0 Å². The van der Waals surface area contributed by atoms with Gasteiger partial charge in [-0.15, -0.1) is 0 Å². The molecule has 0 unspecified atom stereocenters. The Morgan fingerprint density at radius 2 is 1.25 bits per heavy atom. The van der Waals surface area contributed by atoms with E-state index in [1.165, 1.54) is 6.92 Å². The van der Waals surface area contributed by atoms with E-state index >= 15 is 0 Å². The van der Waals surface area contributed by atoms with Crippen LogP contribution < -0.4 is 0 Å². The Kier molecular flexibility index (Phi) is 2.64. The van der Waals surface area contributed by atoms with Gasteiger partial charge in [0.1, 0.15) is 0 Å². The number of Topliss-reactive ketones (excluding diaryl/α,β-unsaturated/α-hetero) is 3. The fraction of sp³-hybridized carbons (Fsp3) is 0.118. The van der Waals surface area contributed by atoms with Crippen molar-refractivity contribution in [3.8, 4) is 0 Å². The zero-order valence-electron chi connectivity index (χ0n) is 10.9. The molecule has 0 fully saturated rings. The molecule has 3 rings (SSSR count). The lowest BCUT2D eigenvalue weighted by Crippen LogP contribution is -2.38. The van der Waals surface area contributed by atoms with Crippen molar-refractivity contribution in [3.63, 3.8) is 0 Å². The number of hydrogen-bond acceptors (Lipinski definition) is 3. The van der Waals surface area contributed by atoms with Gasteiger partial charge in [0.25, 0.3) is 0 Å². The lowest BCUT2D eigenvalue weighted by Gasteiger charge is -2.18. The van der Waals surface area contributed by atoms with Crippen molar-refractivity contribution in [3.05, 3.63) is 71.3 Å². The Morgan fingerprint density at radius 3 is 1.75 bits per heavy atom. The van der Waals surface area contributed by atoms with Crippen LogP contribution in [0.4, 0.5) is 0 Å². The summed E-state index contributed by atoms with van der Waals surface area (Å²) in [6.07, 6.45) is 0. The summed E-state index contributed by atoms with van der Waals surface area (Å²) in [5.74, 6) is -1.26. The van der Waals surface area contributed by atoms with E-state index in [9.17, 15) is 14.4 Å². The lowest BCUT2D eigenvalue weighted by molar-refractivity contribution is 0.0639. The number of fused-ring (bicyclic) bond motifs is 1. The molecule has 0 aliphatic heterocycles. The molecular weight excluding hydrogens is 252 g/mol. The van der Waals surface area contributed by atoms with Crippen LogP contribution in [0.2, 0.25) is 0 Å². The second-order valence-electron chi connectivity index (χ2n) is 5.02. The van der Waals surface area contributed by atoms with Gasteiger partial charge in [0.15, 0.2) is 22.8 Å². The van der Waals surface area contributed by atoms with E-state index in [1.54, 1.807) is 54.6 Å². The minimum atomic E-state index is -1.63. The van der Waals surface area contributed by atoms with Gasteiger partial charge in [0, 0.05) is 16.7 Å². The highest BCUT2D eigenvalue weighted by molar-refractivity contribution is 6.41. The molecule has 0 spiro atoms. The third-order valence-corrected chi connectivity index (χ3v) is 3.81. The Labute approximate surface area is 116 Å². The fourth-order valence-electron chi connectivity index (χ4n) is 2.61. The zero-order chi connectivity index (χ0) is 14.3. The standard InChI is InChI=1S/C17H12O3/c1-17(14(18)11-7-3-2-4-8-11)15(19)12-9-5-6-10-13(12)16(17)20/h2-10H,1H3. The Bertz CT molecular complexity index is 694. The van der Waals surface area contributed by atoms with Crippen molar-refractivity contribution in [2.24, 2.45) is 5.41 Å². The highest BCUT2D eigenvalue weighted by Crippen LogP contribution is 2.38. The molecule has 0 aromatic heterocycles. The molecule has 0 atom stereocenters. The van der Waals surface area contributed by atoms with Crippen LogP contribution in [-0.4, -0.2) is 17.3 Å². The molecule has 98 valence electrons. The molecule has 0 bridgehead atoms. The molecule has 0 N–H and O–H groups in total. The largest absolute Gasteiger partial charge is 0.293 e. The highest BCUT2D eigenvalue weighted by atomic mass is 16.2. The normalized spacial score (nSPS) is 16.1. The molecule has 0 amide bonds. The number of carbonyl (C=O) groups is 3. The zero-order valence-corrected chi connectivity index (χ0v) is 10.9. The van der Waals surface area contributed by atoms with Crippen molar-refractivity contribution in [1.82, 2.24) is 0 Å². The minimum absolute atomic E-state index is 0.337. The topological polar surface area (TPSA) is 51.2 Å². The van der Waals surface area contributed by atoms with Crippen LogP contribution in [0, 0.1) is 5.41 Å². The molecule has 0 saturated carbocycles. The van der Waals surface area contributed by atoms with Gasteiger partial charge in [-0.05, 0) is 6.92 Å². The third-order valence-electron chi connectivity index (χ3n) is 3.81. The molecule has 3 nitrogen and oxygen atoms in total. The number of carbonyl (C=O) groups excluding carboxylic acids is 3. The van der Waals surface area contributed by atoms with E-state index < -0.39 is 22.8 Å². The van der Waals surface area contributed by atoms with E-state index in [-0.39, 0.29) is 0 Å². The average Bonchev–Trinajstić information content (AvgIpc) is 2.71. The number of rotatable bonds is 2. The van der Waals surface area contributed by atoms with Gasteiger partial charge < -0.3 is 0 Å². The maximum absolute atomic E-state index is 12.6. The summed E-state index contributed by atoms with van der Waals surface area (Å²) in [4.78, 5) is 37.6. The summed E-state index contributed by atoms with van der Waals surface area (Å²) >= 11 is 0. The van der Waals surface area contributed by atoms with Gasteiger partial charge in [0.2, 0.25) is 0 Å². The van der Waals surface area contributed by atoms with Gasteiger partial charge in [-0.1, -0.05) is 54.6 Å². The predicted molar refractivity (Wildman–Crippen MR) is 74.0 cm³/mol. The maximum Gasteiger partial charge on any atom is 0.185 e. The third kappa shape index (κ3) is 1.50. The molecule has 0 heterocycles. The first-order valence-electron chi connectivity index (χ1n) is 6.35. The molecule has 20 heavy (non-hydrogen) atoms. The SMILES string of the molecule is CC1(C(=O)c2ccccc2)C(=O)c2ccccc2C1=O. The second-order valence-corrected chi connectivity index (χ2v) is 5.02. The van der Waals surface area contributed by atoms with Gasteiger partial charge in [0.05, 0.1) is 0 Å². The van der Waals surface area contributed by atoms with Crippen molar-refractivity contribution in [2.45, 2.75) is 6.92 Å². The van der Waals surface area contributed by atoms with E-state index in [4.69, 9.17) is 0 Å². The van der Waals surface area contributed by atoms with Gasteiger partial charge in [-0.25, -0.2) is 0 Å². The predicted octanol–water partition coefficient (Wildman–Crippen LogP) is 2.95. The number of benzene rings is 2. The van der Waals surface area contributed by atoms with Crippen LogP contribution in [-0.2, 0) is 0 Å². The van der Waals surface area contributed by atoms with Crippen molar-refractivity contribution >= 4 is 17.3 Å². The molecule has 2 aromatic rings. The van der Waals surface area contributed by atoms with Gasteiger partial charge >= 0.3 is 0 Å². The van der Waals surface area contributed by atoms with E-state index in [0.717, 1.165) is 0 Å². The Hall–Kier alpha value is -2.55. The average molecular weight is 264 g/mol. The van der Waals surface area contributed by atoms with Crippen LogP contribution in [0.5, 0.6) is 0 Å². The van der Waals surface area contributed by atoms with Crippen molar-refractivity contribution < 1.29 is 14.4 Å². The van der Waals surface area contributed by atoms with Crippen LogP contribution in [0.15, 0.2) is 54.6 Å². The summed E-state index contributed by atoms with van der Waals surface area (Å²) in [6, 6.07) is 15.0. The molecule has 0 radical (unpaired) electrons. The highest BCUT2D eigenvalue weighted by Gasteiger charge is 2.54. The molecule has 2 aromatic carbocycles. The molecular formula is C17H12O3. The first kappa shape index (κ1) is 12.5. The molecule has 0 saturated heterocycles. The van der Waals surface area contributed by atoms with E-state index in [0.29, 0.717) is 16.7 Å².